The summed E-state index contributed by atoms with van der Waals surface area (Å²) in [5.74, 6) is 0.774. The molecule has 1 N–H and O–H groups in total. The van der Waals surface area contributed by atoms with E-state index in [2.05, 4.69) is 28.3 Å². The zero-order valence-corrected chi connectivity index (χ0v) is 23.0. The van der Waals surface area contributed by atoms with Crippen molar-refractivity contribution in [2.24, 2.45) is 0 Å². The van der Waals surface area contributed by atoms with Gasteiger partial charge in [-0.25, -0.2) is 19.5 Å². The maximum atomic E-state index is 13.8. The number of hydrogen-bond acceptors (Lipinski definition) is 7. The average molecular weight is 537 g/mol. The van der Waals surface area contributed by atoms with Crippen LogP contribution in [0.3, 0.4) is 0 Å². The SMILES string of the molecule is CCCCc1nc(C)n(-c2ncc(OCC(=O)NCC)cn2)c(=O)c1Cc1ccc(-c2ccccc2C#N)cc1. The van der Waals surface area contributed by atoms with E-state index in [1.165, 1.54) is 17.0 Å². The number of carbonyl (C=O) groups is 1. The summed E-state index contributed by atoms with van der Waals surface area (Å²) in [5.41, 5.74) is 4.55. The second kappa shape index (κ2) is 13.3. The largest absolute Gasteiger partial charge is 0.481 e. The molecule has 4 rings (SSSR count). The summed E-state index contributed by atoms with van der Waals surface area (Å²) in [7, 11) is 0. The minimum absolute atomic E-state index is 0.145. The van der Waals surface area contributed by atoms with E-state index in [0.717, 1.165) is 35.2 Å². The quantitative estimate of drug-likeness (QED) is 0.303. The zero-order chi connectivity index (χ0) is 28.5. The Morgan fingerprint density at radius 3 is 2.48 bits per heavy atom. The molecule has 9 heteroatoms. The number of nitriles is 1. The molecule has 4 aromatic rings. The predicted octanol–water partition coefficient (Wildman–Crippen LogP) is 4.32. The number of hydrogen-bond donors (Lipinski definition) is 1. The van der Waals surface area contributed by atoms with E-state index >= 15 is 0 Å². The van der Waals surface area contributed by atoms with E-state index in [0.29, 0.717) is 42.1 Å². The molecule has 0 atom stereocenters. The summed E-state index contributed by atoms with van der Waals surface area (Å²) in [6, 6.07) is 17.6. The molecule has 0 bridgehead atoms. The first-order valence-electron chi connectivity index (χ1n) is 13.4. The second-order valence-electron chi connectivity index (χ2n) is 9.32. The summed E-state index contributed by atoms with van der Waals surface area (Å²) in [6.45, 7) is 6.08. The Labute approximate surface area is 233 Å². The number of nitrogens with one attached hydrogen (secondary N) is 1. The van der Waals surface area contributed by atoms with Gasteiger partial charge < -0.3 is 10.1 Å². The van der Waals surface area contributed by atoms with Crippen LogP contribution in [-0.2, 0) is 17.6 Å². The van der Waals surface area contributed by atoms with Crippen molar-refractivity contribution >= 4 is 5.91 Å². The third kappa shape index (κ3) is 6.59. The summed E-state index contributed by atoms with van der Waals surface area (Å²) >= 11 is 0. The van der Waals surface area contributed by atoms with Crippen LogP contribution in [0.15, 0.2) is 65.7 Å². The van der Waals surface area contributed by atoms with Crippen molar-refractivity contribution in [3.05, 3.63) is 99.5 Å². The van der Waals surface area contributed by atoms with Crippen molar-refractivity contribution in [1.82, 2.24) is 24.8 Å². The minimum atomic E-state index is -0.238. The first kappa shape index (κ1) is 28.2. The number of ether oxygens (including phenoxy) is 1. The topological polar surface area (TPSA) is 123 Å². The Morgan fingerprint density at radius 1 is 1.07 bits per heavy atom. The monoisotopic (exact) mass is 536 g/mol. The van der Waals surface area contributed by atoms with Crippen LogP contribution in [0.2, 0.25) is 0 Å². The summed E-state index contributed by atoms with van der Waals surface area (Å²) in [5, 5.41) is 12.1. The van der Waals surface area contributed by atoms with E-state index in [-0.39, 0.29) is 24.0 Å². The Hall–Kier alpha value is -4.84. The highest BCUT2D eigenvalue weighted by Crippen LogP contribution is 2.24. The maximum absolute atomic E-state index is 13.8. The highest BCUT2D eigenvalue weighted by Gasteiger charge is 2.18. The average Bonchev–Trinajstić information content (AvgIpc) is 2.97. The van der Waals surface area contributed by atoms with Crippen molar-refractivity contribution < 1.29 is 9.53 Å². The van der Waals surface area contributed by atoms with Gasteiger partial charge in [-0.3, -0.25) is 9.59 Å². The van der Waals surface area contributed by atoms with E-state index in [1.54, 1.807) is 13.0 Å². The van der Waals surface area contributed by atoms with Crippen molar-refractivity contribution in [2.75, 3.05) is 13.2 Å². The fourth-order valence-electron chi connectivity index (χ4n) is 4.42. The van der Waals surface area contributed by atoms with Crippen LogP contribution in [0.5, 0.6) is 5.75 Å². The molecule has 0 saturated carbocycles. The molecular formula is C31H32N6O3. The summed E-state index contributed by atoms with van der Waals surface area (Å²) in [6.07, 6.45) is 5.88. The molecule has 0 radical (unpaired) electrons. The molecule has 1 amide bonds. The van der Waals surface area contributed by atoms with Gasteiger partial charge in [0, 0.05) is 18.5 Å². The lowest BCUT2D eigenvalue weighted by atomic mass is 9.97. The molecule has 0 aliphatic carbocycles. The van der Waals surface area contributed by atoms with E-state index in [9.17, 15) is 14.9 Å². The van der Waals surface area contributed by atoms with Crippen LogP contribution >= 0.6 is 0 Å². The number of benzene rings is 2. The van der Waals surface area contributed by atoms with Gasteiger partial charge in [-0.2, -0.15) is 5.26 Å². The number of aryl methyl sites for hydroxylation is 2. The van der Waals surface area contributed by atoms with Gasteiger partial charge in [-0.1, -0.05) is 55.8 Å². The normalized spacial score (nSPS) is 10.7. The van der Waals surface area contributed by atoms with Crippen LogP contribution in [0, 0.1) is 18.3 Å². The van der Waals surface area contributed by atoms with E-state index in [1.807, 2.05) is 49.4 Å². The molecule has 0 saturated heterocycles. The molecule has 2 aromatic heterocycles. The number of rotatable bonds is 11. The molecular weight excluding hydrogens is 504 g/mol. The Morgan fingerprint density at radius 2 is 1.80 bits per heavy atom. The molecule has 2 aromatic carbocycles. The Kier molecular flexibility index (Phi) is 9.36. The number of amides is 1. The van der Waals surface area contributed by atoms with Gasteiger partial charge in [0.1, 0.15) is 5.82 Å². The number of unbranched alkanes of at least 4 members (excludes halogenated alkanes) is 1. The molecule has 9 nitrogen and oxygen atoms in total. The highest BCUT2D eigenvalue weighted by molar-refractivity contribution is 5.77. The summed E-state index contributed by atoms with van der Waals surface area (Å²) in [4.78, 5) is 39.0. The van der Waals surface area contributed by atoms with Crippen LogP contribution in [-0.4, -0.2) is 38.6 Å². The fourth-order valence-corrected chi connectivity index (χ4v) is 4.42. The summed E-state index contributed by atoms with van der Waals surface area (Å²) < 4.78 is 6.85. The molecule has 40 heavy (non-hydrogen) atoms. The van der Waals surface area contributed by atoms with Crippen LogP contribution < -0.4 is 15.6 Å². The minimum Gasteiger partial charge on any atom is -0.481 e. The van der Waals surface area contributed by atoms with E-state index < -0.39 is 0 Å². The van der Waals surface area contributed by atoms with Gasteiger partial charge in [-0.15, -0.1) is 0 Å². The molecule has 0 fully saturated rings. The molecule has 0 aliphatic rings. The first-order chi connectivity index (χ1) is 19.4. The van der Waals surface area contributed by atoms with Crippen LogP contribution in [0.1, 0.15) is 54.9 Å². The van der Waals surface area contributed by atoms with E-state index in [4.69, 9.17) is 9.72 Å². The van der Waals surface area contributed by atoms with Gasteiger partial charge >= 0.3 is 0 Å². The Balaban J connectivity index is 1.64. The van der Waals surface area contributed by atoms with Crippen LogP contribution in [0.4, 0.5) is 0 Å². The third-order valence-electron chi connectivity index (χ3n) is 6.45. The molecule has 2 heterocycles. The number of nitrogens with zero attached hydrogens (tertiary/aromatic N) is 5. The standard InChI is InChI=1S/C31H32N6O3/c1-4-6-11-28-27(16-22-12-14-23(15-13-22)26-10-8-7-9-24(26)17-32)30(39)37(21(3)36-28)31-34-18-25(19-35-31)40-20-29(38)33-5-2/h7-10,12-15,18-19H,4-6,11,16,20H2,1-3H3,(H,33,38). The van der Waals surface area contributed by atoms with Crippen molar-refractivity contribution in [1.29, 1.82) is 5.26 Å². The van der Waals surface area contributed by atoms with Gasteiger partial charge in [0.05, 0.1) is 29.7 Å². The third-order valence-corrected chi connectivity index (χ3v) is 6.45. The Bertz CT molecular complexity index is 1570. The second-order valence-corrected chi connectivity index (χ2v) is 9.32. The van der Waals surface area contributed by atoms with Crippen molar-refractivity contribution in [3.8, 4) is 28.9 Å². The van der Waals surface area contributed by atoms with Gasteiger partial charge in [0.25, 0.3) is 11.5 Å². The lowest BCUT2D eigenvalue weighted by Crippen LogP contribution is -2.30. The van der Waals surface area contributed by atoms with Gasteiger partial charge in [0.15, 0.2) is 12.4 Å². The van der Waals surface area contributed by atoms with Gasteiger partial charge in [0.2, 0.25) is 5.95 Å². The lowest BCUT2D eigenvalue weighted by Gasteiger charge is -2.15. The van der Waals surface area contributed by atoms with Gasteiger partial charge in [-0.05, 0) is 49.4 Å². The number of carbonyl (C=O) groups excluding carboxylic acids is 1. The molecule has 0 unspecified atom stereocenters. The molecule has 0 aliphatic heterocycles. The van der Waals surface area contributed by atoms with Crippen molar-refractivity contribution in [2.45, 2.75) is 46.5 Å². The molecule has 0 spiro atoms. The maximum Gasteiger partial charge on any atom is 0.264 e. The molecule has 204 valence electrons. The zero-order valence-electron chi connectivity index (χ0n) is 23.0. The van der Waals surface area contributed by atoms with Crippen molar-refractivity contribution in [3.63, 3.8) is 0 Å². The fraction of sp³-hybridized carbons (Fsp3) is 0.290. The number of aromatic nitrogens is 4. The predicted molar refractivity (Wildman–Crippen MR) is 152 cm³/mol. The smallest absolute Gasteiger partial charge is 0.264 e. The number of likely N-dealkylation sites (N-methyl/N-ethyl adjacent to an activating group) is 1. The highest BCUT2D eigenvalue weighted by atomic mass is 16.5. The lowest BCUT2D eigenvalue weighted by molar-refractivity contribution is -0.122. The van der Waals surface area contributed by atoms with Crippen LogP contribution in [0.25, 0.3) is 17.1 Å². The first-order valence-corrected chi connectivity index (χ1v) is 13.4.